The number of aryl methyl sites for hydroxylation is 1. The fourth-order valence-corrected chi connectivity index (χ4v) is 5.58. The zero-order valence-electron chi connectivity index (χ0n) is 21.3. The number of benzene rings is 2. The van der Waals surface area contributed by atoms with Crippen LogP contribution in [0.5, 0.6) is 0 Å². The van der Waals surface area contributed by atoms with Gasteiger partial charge in [-0.25, -0.2) is 0 Å². The molecular weight excluding hydrogens is 482 g/mol. The molecule has 0 aliphatic carbocycles. The molecule has 0 bridgehead atoms. The minimum absolute atomic E-state index is 0.0359. The van der Waals surface area contributed by atoms with Gasteiger partial charge < -0.3 is 15.1 Å². The molecule has 1 aliphatic heterocycles. The summed E-state index contributed by atoms with van der Waals surface area (Å²) in [5.74, 6) is -0.216. The molecule has 0 saturated carbocycles. The van der Waals surface area contributed by atoms with E-state index in [9.17, 15) is 9.59 Å². The minimum Gasteiger partial charge on any atom is -0.339 e. The molecule has 0 spiro atoms. The normalized spacial score (nSPS) is 14.9. The second kappa shape index (κ2) is 10.7. The lowest BCUT2D eigenvalue weighted by Crippen LogP contribution is -2.44. The SMILES string of the molecule is Cc1ccsc1C(=O)Nc1cc(C(=O)N(C)C2CCN(C)CC2)ccc1C=Cc1n[nH]c2ccccc12. The van der Waals surface area contributed by atoms with Gasteiger partial charge in [-0.05, 0) is 86.8 Å². The van der Waals surface area contributed by atoms with Crippen molar-refractivity contribution in [1.82, 2.24) is 20.0 Å². The van der Waals surface area contributed by atoms with Crippen LogP contribution in [0.3, 0.4) is 0 Å². The monoisotopic (exact) mass is 513 g/mol. The number of hydrogen-bond acceptors (Lipinski definition) is 5. The summed E-state index contributed by atoms with van der Waals surface area (Å²) in [5.41, 5.74) is 4.65. The van der Waals surface area contributed by atoms with E-state index in [-0.39, 0.29) is 17.9 Å². The van der Waals surface area contributed by atoms with Gasteiger partial charge in [0, 0.05) is 29.7 Å². The van der Waals surface area contributed by atoms with Crippen molar-refractivity contribution < 1.29 is 9.59 Å². The molecule has 8 heteroatoms. The highest BCUT2D eigenvalue weighted by Gasteiger charge is 2.25. The summed E-state index contributed by atoms with van der Waals surface area (Å²) >= 11 is 1.41. The standard InChI is InChI=1S/C29H31N5O2S/c1-19-14-17-37-27(19)28(35)30-26-18-21(29(36)34(3)22-12-15-33(2)16-13-22)9-8-20(26)10-11-25-23-6-4-5-7-24(23)31-32-25/h4-11,14,17-18,22H,12-13,15-16H2,1-3H3,(H,30,35)(H,31,32). The third-order valence-corrected chi connectivity index (χ3v) is 8.11. The number of rotatable bonds is 6. The third-order valence-electron chi connectivity index (χ3n) is 7.09. The van der Waals surface area contributed by atoms with Gasteiger partial charge in [-0.3, -0.25) is 14.7 Å². The summed E-state index contributed by atoms with van der Waals surface area (Å²) in [6.45, 7) is 3.89. The number of hydrogen-bond donors (Lipinski definition) is 2. The first-order chi connectivity index (χ1) is 17.9. The highest BCUT2D eigenvalue weighted by Crippen LogP contribution is 2.26. The first-order valence-corrected chi connectivity index (χ1v) is 13.3. The number of para-hydroxylation sites is 1. The zero-order chi connectivity index (χ0) is 25.9. The Kier molecular flexibility index (Phi) is 7.21. The van der Waals surface area contributed by atoms with Crippen LogP contribution in [0.25, 0.3) is 23.1 Å². The lowest BCUT2D eigenvalue weighted by Gasteiger charge is -2.35. The molecule has 37 heavy (non-hydrogen) atoms. The van der Waals surface area contributed by atoms with Gasteiger partial charge in [0.25, 0.3) is 11.8 Å². The van der Waals surface area contributed by atoms with E-state index in [0.29, 0.717) is 16.1 Å². The van der Waals surface area contributed by atoms with E-state index < -0.39 is 0 Å². The summed E-state index contributed by atoms with van der Waals surface area (Å²) in [4.78, 5) is 31.3. The second-order valence-electron chi connectivity index (χ2n) is 9.63. The van der Waals surface area contributed by atoms with Crippen LogP contribution < -0.4 is 5.32 Å². The Morgan fingerprint density at radius 2 is 1.92 bits per heavy atom. The number of aromatic amines is 1. The highest BCUT2D eigenvalue weighted by atomic mass is 32.1. The van der Waals surface area contributed by atoms with Crippen molar-refractivity contribution in [3.8, 4) is 0 Å². The molecule has 4 aromatic rings. The molecule has 190 valence electrons. The van der Waals surface area contributed by atoms with Crippen molar-refractivity contribution >= 4 is 51.9 Å². The first-order valence-electron chi connectivity index (χ1n) is 12.5. The fraction of sp³-hybridized carbons (Fsp3) is 0.276. The maximum absolute atomic E-state index is 13.4. The van der Waals surface area contributed by atoms with E-state index in [4.69, 9.17) is 0 Å². The molecule has 2 amide bonds. The molecule has 1 aliphatic rings. The molecule has 7 nitrogen and oxygen atoms in total. The number of nitrogens with zero attached hydrogens (tertiary/aromatic N) is 3. The number of nitrogens with one attached hydrogen (secondary N) is 2. The predicted octanol–water partition coefficient (Wildman–Crippen LogP) is 5.52. The molecule has 0 atom stereocenters. The number of anilines is 1. The summed E-state index contributed by atoms with van der Waals surface area (Å²) in [6.07, 6.45) is 5.76. The van der Waals surface area contributed by atoms with Gasteiger partial charge in [-0.1, -0.05) is 30.3 Å². The number of carbonyl (C=O) groups excluding carboxylic acids is 2. The van der Waals surface area contributed by atoms with Crippen molar-refractivity contribution in [3.05, 3.63) is 81.2 Å². The number of amides is 2. The largest absolute Gasteiger partial charge is 0.339 e. The molecule has 2 aromatic heterocycles. The maximum atomic E-state index is 13.4. The first kappa shape index (κ1) is 24.9. The smallest absolute Gasteiger partial charge is 0.266 e. The van der Waals surface area contributed by atoms with Crippen LogP contribution in [-0.4, -0.2) is 65.0 Å². The van der Waals surface area contributed by atoms with Crippen molar-refractivity contribution in [2.75, 3.05) is 32.5 Å². The van der Waals surface area contributed by atoms with E-state index in [1.807, 2.05) is 78.9 Å². The lowest BCUT2D eigenvalue weighted by molar-refractivity contribution is 0.0659. The quantitative estimate of drug-likeness (QED) is 0.356. The number of piperidine rings is 1. The third kappa shape index (κ3) is 5.35. The van der Waals surface area contributed by atoms with Gasteiger partial charge in [0.15, 0.2) is 0 Å². The Hall–Kier alpha value is -3.75. The number of carbonyl (C=O) groups is 2. The molecule has 1 fully saturated rings. The van der Waals surface area contributed by atoms with Crippen LogP contribution in [0.1, 0.15) is 49.7 Å². The number of H-pyrrole nitrogens is 1. The van der Waals surface area contributed by atoms with E-state index in [1.165, 1.54) is 11.3 Å². The average molecular weight is 514 g/mol. The van der Waals surface area contributed by atoms with Crippen LogP contribution in [0.15, 0.2) is 53.9 Å². The van der Waals surface area contributed by atoms with Gasteiger partial charge >= 0.3 is 0 Å². The summed E-state index contributed by atoms with van der Waals surface area (Å²) < 4.78 is 0. The topological polar surface area (TPSA) is 81.3 Å². The molecule has 3 heterocycles. The maximum Gasteiger partial charge on any atom is 0.266 e. The van der Waals surface area contributed by atoms with Gasteiger partial charge in [0.1, 0.15) is 0 Å². The average Bonchev–Trinajstić information content (AvgIpc) is 3.53. The van der Waals surface area contributed by atoms with Crippen LogP contribution in [-0.2, 0) is 0 Å². The predicted molar refractivity (Wildman–Crippen MR) is 151 cm³/mol. The van der Waals surface area contributed by atoms with E-state index in [0.717, 1.165) is 53.7 Å². The molecule has 2 N–H and O–H groups in total. The lowest BCUT2D eigenvalue weighted by atomic mass is 10.0. The fourth-order valence-electron chi connectivity index (χ4n) is 4.76. The second-order valence-corrected chi connectivity index (χ2v) is 10.5. The Morgan fingerprint density at radius 3 is 2.68 bits per heavy atom. The van der Waals surface area contributed by atoms with E-state index in [2.05, 4.69) is 27.5 Å². The Bertz CT molecular complexity index is 1460. The van der Waals surface area contributed by atoms with Gasteiger partial charge in [0.2, 0.25) is 0 Å². The van der Waals surface area contributed by atoms with Crippen LogP contribution in [0, 0.1) is 6.92 Å². The van der Waals surface area contributed by atoms with Gasteiger partial charge in [0.05, 0.1) is 16.1 Å². The van der Waals surface area contributed by atoms with Crippen molar-refractivity contribution in [2.24, 2.45) is 0 Å². The Balaban J connectivity index is 1.45. The number of likely N-dealkylation sites (tertiary alicyclic amines) is 1. The minimum atomic E-state index is -0.180. The molecular formula is C29H31N5O2S. The van der Waals surface area contributed by atoms with E-state index >= 15 is 0 Å². The number of thiophene rings is 1. The van der Waals surface area contributed by atoms with E-state index in [1.54, 1.807) is 6.07 Å². The molecule has 2 aromatic carbocycles. The molecule has 5 rings (SSSR count). The summed E-state index contributed by atoms with van der Waals surface area (Å²) in [7, 11) is 3.99. The van der Waals surface area contributed by atoms with Gasteiger partial charge in [-0.15, -0.1) is 11.3 Å². The van der Waals surface area contributed by atoms with Crippen LogP contribution in [0.4, 0.5) is 5.69 Å². The molecule has 0 unspecified atom stereocenters. The van der Waals surface area contributed by atoms with Crippen molar-refractivity contribution in [2.45, 2.75) is 25.8 Å². The molecule has 0 radical (unpaired) electrons. The zero-order valence-corrected chi connectivity index (χ0v) is 22.1. The highest BCUT2D eigenvalue weighted by molar-refractivity contribution is 7.12. The molecule has 1 saturated heterocycles. The summed E-state index contributed by atoms with van der Waals surface area (Å²) in [5, 5.41) is 13.4. The van der Waals surface area contributed by atoms with Crippen molar-refractivity contribution in [3.63, 3.8) is 0 Å². The number of fused-ring (bicyclic) bond motifs is 1. The Morgan fingerprint density at radius 1 is 1.14 bits per heavy atom. The van der Waals surface area contributed by atoms with Crippen LogP contribution in [0.2, 0.25) is 0 Å². The van der Waals surface area contributed by atoms with Gasteiger partial charge in [-0.2, -0.15) is 5.10 Å². The van der Waals surface area contributed by atoms with Crippen molar-refractivity contribution in [1.29, 1.82) is 0 Å². The number of aromatic nitrogens is 2. The Labute approximate surface area is 220 Å². The van der Waals surface area contributed by atoms with Crippen LogP contribution >= 0.6 is 11.3 Å². The summed E-state index contributed by atoms with van der Waals surface area (Å²) in [6, 6.07) is 15.6.